The van der Waals surface area contributed by atoms with Crippen LogP contribution in [-0.2, 0) is 0 Å². The van der Waals surface area contributed by atoms with Gasteiger partial charge in [-0.2, -0.15) is 0 Å². The lowest BCUT2D eigenvalue weighted by molar-refractivity contribution is -0.656. The van der Waals surface area contributed by atoms with Crippen molar-refractivity contribution in [1.29, 1.82) is 0 Å². The van der Waals surface area contributed by atoms with Crippen molar-refractivity contribution in [3.63, 3.8) is 0 Å². The largest absolute Gasteiger partial charge is 1.00 e. The SMILES string of the molecule is C1CCC[NH2+]CCC1.[Br-]. The first-order chi connectivity index (χ1) is 4.00. The molecule has 2 heteroatoms. The van der Waals surface area contributed by atoms with Gasteiger partial charge in [0.25, 0.3) is 0 Å². The summed E-state index contributed by atoms with van der Waals surface area (Å²) in [5.74, 6) is 0. The Labute approximate surface area is 68.0 Å². The topological polar surface area (TPSA) is 16.6 Å². The van der Waals surface area contributed by atoms with Gasteiger partial charge in [-0.15, -0.1) is 0 Å². The van der Waals surface area contributed by atoms with Gasteiger partial charge in [0.15, 0.2) is 0 Å². The fourth-order valence-corrected chi connectivity index (χ4v) is 1.25. The summed E-state index contributed by atoms with van der Waals surface area (Å²) in [6.07, 6.45) is 7.31. The molecule has 0 atom stereocenters. The molecule has 1 saturated heterocycles. The summed E-state index contributed by atoms with van der Waals surface area (Å²) >= 11 is 0. The zero-order chi connectivity index (χ0) is 5.66. The Morgan fingerprint density at radius 2 is 1.11 bits per heavy atom. The lowest BCUT2D eigenvalue weighted by Gasteiger charge is -2.05. The smallest absolute Gasteiger partial charge is 0.0755 e. The van der Waals surface area contributed by atoms with Gasteiger partial charge < -0.3 is 22.3 Å². The molecule has 0 aromatic carbocycles. The van der Waals surface area contributed by atoms with E-state index in [4.69, 9.17) is 0 Å². The van der Waals surface area contributed by atoms with Gasteiger partial charge in [-0.3, -0.25) is 0 Å². The van der Waals surface area contributed by atoms with Crippen LogP contribution in [0, 0.1) is 0 Å². The van der Waals surface area contributed by atoms with E-state index in [0.717, 1.165) is 0 Å². The Bertz CT molecular complexity index is 32.9. The zero-order valence-electron chi connectivity index (χ0n) is 5.91. The molecule has 0 spiro atoms. The van der Waals surface area contributed by atoms with Crippen molar-refractivity contribution < 1.29 is 22.3 Å². The van der Waals surface area contributed by atoms with Crippen molar-refractivity contribution >= 4 is 0 Å². The van der Waals surface area contributed by atoms with E-state index in [0.29, 0.717) is 0 Å². The van der Waals surface area contributed by atoms with E-state index >= 15 is 0 Å². The van der Waals surface area contributed by atoms with Crippen molar-refractivity contribution in [2.75, 3.05) is 13.1 Å². The molecule has 0 radical (unpaired) electrons. The van der Waals surface area contributed by atoms with Gasteiger partial charge in [0.05, 0.1) is 13.1 Å². The maximum absolute atomic E-state index is 2.44. The van der Waals surface area contributed by atoms with Crippen LogP contribution in [0.3, 0.4) is 0 Å². The van der Waals surface area contributed by atoms with E-state index < -0.39 is 0 Å². The number of hydrogen-bond acceptors (Lipinski definition) is 0. The number of hydrogen-bond donors (Lipinski definition) is 1. The minimum absolute atomic E-state index is 0. The lowest BCUT2D eigenvalue weighted by atomic mass is 10.1. The molecular formula is C7H16BrN. The summed E-state index contributed by atoms with van der Waals surface area (Å²) in [5, 5.41) is 2.44. The molecule has 1 nitrogen and oxygen atoms in total. The van der Waals surface area contributed by atoms with Crippen LogP contribution in [0.5, 0.6) is 0 Å². The van der Waals surface area contributed by atoms with Crippen LogP contribution < -0.4 is 22.3 Å². The minimum atomic E-state index is 0. The molecule has 2 N–H and O–H groups in total. The monoisotopic (exact) mass is 193 g/mol. The molecule has 56 valence electrons. The molecule has 1 heterocycles. The van der Waals surface area contributed by atoms with Crippen molar-refractivity contribution in [2.45, 2.75) is 32.1 Å². The van der Waals surface area contributed by atoms with Crippen LogP contribution in [0.25, 0.3) is 0 Å². The highest BCUT2D eigenvalue weighted by Gasteiger charge is 1.97. The van der Waals surface area contributed by atoms with Gasteiger partial charge in [-0.1, -0.05) is 6.42 Å². The van der Waals surface area contributed by atoms with Crippen LogP contribution in [0.1, 0.15) is 32.1 Å². The molecule has 1 aliphatic rings. The summed E-state index contributed by atoms with van der Waals surface area (Å²) in [7, 11) is 0. The molecule has 0 aliphatic carbocycles. The maximum Gasteiger partial charge on any atom is 0.0755 e. The van der Waals surface area contributed by atoms with Crippen LogP contribution in [0.2, 0.25) is 0 Å². The quantitative estimate of drug-likeness (QED) is 0.439. The summed E-state index contributed by atoms with van der Waals surface area (Å²) in [4.78, 5) is 0. The predicted octanol–water partition coefficient (Wildman–Crippen LogP) is -2.48. The average molecular weight is 194 g/mol. The second kappa shape index (κ2) is 6.56. The van der Waals surface area contributed by atoms with Gasteiger partial charge >= 0.3 is 0 Å². The standard InChI is InChI=1S/C7H15N.BrH/c1-2-4-6-8-7-5-3-1;/h8H,1-7H2;1H. The molecule has 0 saturated carbocycles. The third-order valence-corrected chi connectivity index (χ3v) is 1.82. The van der Waals surface area contributed by atoms with Crippen LogP contribution in [0.15, 0.2) is 0 Å². The summed E-state index contributed by atoms with van der Waals surface area (Å²) in [6, 6.07) is 0. The van der Waals surface area contributed by atoms with Crippen LogP contribution in [0.4, 0.5) is 0 Å². The summed E-state index contributed by atoms with van der Waals surface area (Å²) in [5.41, 5.74) is 0. The second-order valence-corrected chi connectivity index (χ2v) is 2.63. The Morgan fingerprint density at radius 1 is 0.667 bits per heavy atom. The molecule has 0 bridgehead atoms. The molecule has 1 aliphatic heterocycles. The lowest BCUT2D eigenvalue weighted by Crippen LogP contribution is -3.00. The highest BCUT2D eigenvalue weighted by Crippen LogP contribution is 2.01. The Morgan fingerprint density at radius 3 is 1.67 bits per heavy atom. The highest BCUT2D eigenvalue weighted by molar-refractivity contribution is 4.44. The molecular weight excluding hydrogens is 178 g/mol. The Kier molecular flexibility index (Phi) is 6.88. The molecule has 1 rings (SSSR count). The zero-order valence-corrected chi connectivity index (χ0v) is 7.49. The first kappa shape index (κ1) is 9.44. The predicted molar refractivity (Wildman–Crippen MR) is 34.7 cm³/mol. The van der Waals surface area contributed by atoms with Crippen LogP contribution in [-0.4, -0.2) is 13.1 Å². The Hall–Kier alpha value is 0.440. The molecule has 1 fully saturated rings. The first-order valence-electron chi connectivity index (χ1n) is 3.82. The Balaban J connectivity index is 0.000000640. The molecule has 0 aromatic heterocycles. The third kappa shape index (κ3) is 4.91. The van der Waals surface area contributed by atoms with E-state index in [2.05, 4.69) is 5.32 Å². The second-order valence-electron chi connectivity index (χ2n) is 2.63. The van der Waals surface area contributed by atoms with E-state index in [1.165, 1.54) is 45.2 Å². The number of quaternary nitrogens is 1. The number of halogens is 1. The van der Waals surface area contributed by atoms with Crippen LogP contribution >= 0.6 is 0 Å². The van der Waals surface area contributed by atoms with Crippen molar-refractivity contribution in [2.24, 2.45) is 0 Å². The van der Waals surface area contributed by atoms with Crippen molar-refractivity contribution in [3.8, 4) is 0 Å². The number of nitrogens with two attached hydrogens (primary N) is 1. The molecule has 9 heavy (non-hydrogen) atoms. The van der Waals surface area contributed by atoms with Gasteiger partial charge in [0, 0.05) is 0 Å². The fourth-order valence-electron chi connectivity index (χ4n) is 1.25. The van der Waals surface area contributed by atoms with Gasteiger partial charge in [-0.25, -0.2) is 0 Å². The fraction of sp³-hybridized carbons (Fsp3) is 1.00. The van der Waals surface area contributed by atoms with E-state index in [-0.39, 0.29) is 17.0 Å². The minimum Gasteiger partial charge on any atom is -1.00 e. The number of rotatable bonds is 0. The van der Waals surface area contributed by atoms with Gasteiger partial charge in [-0.05, 0) is 25.7 Å². The molecule has 0 aromatic rings. The van der Waals surface area contributed by atoms with Crippen molar-refractivity contribution in [1.82, 2.24) is 0 Å². The molecule has 0 unspecified atom stereocenters. The highest BCUT2D eigenvalue weighted by atomic mass is 79.9. The third-order valence-electron chi connectivity index (χ3n) is 1.82. The van der Waals surface area contributed by atoms with E-state index in [1.807, 2.05) is 0 Å². The summed E-state index contributed by atoms with van der Waals surface area (Å²) < 4.78 is 0. The molecule has 0 amide bonds. The van der Waals surface area contributed by atoms with Crippen molar-refractivity contribution in [3.05, 3.63) is 0 Å². The average Bonchev–Trinajstić information content (AvgIpc) is 1.62. The maximum atomic E-state index is 2.44. The first-order valence-corrected chi connectivity index (χ1v) is 3.82. The van der Waals surface area contributed by atoms with E-state index in [1.54, 1.807) is 0 Å². The van der Waals surface area contributed by atoms with E-state index in [9.17, 15) is 0 Å². The van der Waals surface area contributed by atoms with Gasteiger partial charge in [0.1, 0.15) is 0 Å². The summed E-state index contributed by atoms with van der Waals surface area (Å²) in [6.45, 7) is 2.75. The van der Waals surface area contributed by atoms with Gasteiger partial charge in [0.2, 0.25) is 0 Å². The normalized spacial score (nSPS) is 21.3.